The van der Waals surface area contributed by atoms with Crippen molar-refractivity contribution < 1.29 is 9.50 Å². The van der Waals surface area contributed by atoms with Gasteiger partial charge in [-0.05, 0) is 24.6 Å². The molecule has 0 spiro atoms. The van der Waals surface area contributed by atoms with Crippen LogP contribution in [-0.2, 0) is 12.8 Å². The second kappa shape index (κ2) is 7.25. The molecule has 0 saturated heterocycles. The van der Waals surface area contributed by atoms with E-state index in [9.17, 15) is 4.39 Å². The van der Waals surface area contributed by atoms with Gasteiger partial charge in [0.25, 0.3) is 0 Å². The van der Waals surface area contributed by atoms with Crippen LogP contribution < -0.4 is 0 Å². The predicted octanol–water partition coefficient (Wildman–Crippen LogP) is 2.29. The number of halogens is 1. The lowest BCUT2D eigenvalue weighted by molar-refractivity contribution is 0.305. The maximum absolute atomic E-state index is 13.3. The van der Waals surface area contributed by atoms with Gasteiger partial charge in [0, 0.05) is 24.8 Å². The second-order valence-corrected chi connectivity index (χ2v) is 5.40. The average Bonchev–Trinajstić information content (AvgIpc) is 2.78. The highest BCUT2D eigenvalue weighted by molar-refractivity contribution is 7.98. The van der Waals surface area contributed by atoms with Crippen LogP contribution in [0.2, 0.25) is 0 Å². The highest BCUT2D eigenvalue weighted by atomic mass is 32.2. The first-order chi connectivity index (χ1) is 10.1. The van der Waals surface area contributed by atoms with Crippen molar-refractivity contribution in [2.24, 2.45) is 7.05 Å². The summed E-state index contributed by atoms with van der Waals surface area (Å²) in [7, 11) is 1.91. The van der Waals surface area contributed by atoms with Gasteiger partial charge < -0.3 is 9.67 Å². The SMILES string of the molecule is Cc1nnc(SCc2ccc(F)cc2C#CCCO)n1C. The number of aliphatic hydroxyl groups is 1. The summed E-state index contributed by atoms with van der Waals surface area (Å²) in [6.45, 7) is 1.89. The molecule has 1 heterocycles. The molecule has 0 bridgehead atoms. The van der Waals surface area contributed by atoms with Gasteiger partial charge in [0.1, 0.15) is 11.6 Å². The molecule has 0 fully saturated rings. The molecule has 0 saturated carbocycles. The molecule has 0 amide bonds. The highest BCUT2D eigenvalue weighted by Crippen LogP contribution is 2.23. The number of hydrogen-bond donors (Lipinski definition) is 1. The lowest BCUT2D eigenvalue weighted by Crippen LogP contribution is -1.95. The van der Waals surface area contributed by atoms with Crippen molar-refractivity contribution in [3.05, 3.63) is 41.0 Å². The summed E-state index contributed by atoms with van der Waals surface area (Å²) in [5.74, 6) is 6.90. The summed E-state index contributed by atoms with van der Waals surface area (Å²) >= 11 is 1.53. The number of aryl methyl sites for hydroxylation is 1. The van der Waals surface area contributed by atoms with E-state index in [-0.39, 0.29) is 12.4 Å². The van der Waals surface area contributed by atoms with Gasteiger partial charge >= 0.3 is 0 Å². The fourth-order valence-corrected chi connectivity index (χ4v) is 2.62. The standard InChI is InChI=1S/C15H16FN3OS/c1-11-17-18-15(19(11)2)21-10-13-6-7-14(16)9-12(13)5-3-4-8-20/h6-7,9,20H,4,8,10H2,1-2H3. The Labute approximate surface area is 127 Å². The Morgan fingerprint density at radius 1 is 1.38 bits per heavy atom. The summed E-state index contributed by atoms with van der Waals surface area (Å²) in [5.41, 5.74) is 1.59. The van der Waals surface area contributed by atoms with Crippen molar-refractivity contribution >= 4 is 11.8 Å². The van der Waals surface area contributed by atoms with Gasteiger partial charge in [-0.25, -0.2) is 4.39 Å². The molecule has 4 nitrogen and oxygen atoms in total. The van der Waals surface area contributed by atoms with Gasteiger partial charge in [-0.2, -0.15) is 0 Å². The summed E-state index contributed by atoms with van der Waals surface area (Å²) < 4.78 is 15.2. The van der Waals surface area contributed by atoms with Crippen molar-refractivity contribution in [1.29, 1.82) is 0 Å². The van der Waals surface area contributed by atoms with Crippen LogP contribution in [0.15, 0.2) is 23.4 Å². The zero-order valence-corrected chi connectivity index (χ0v) is 12.7. The molecule has 0 radical (unpaired) electrons. The van der Waals surface area contributed by atoms with E-state index in [1.165, 1.54) is 23.9 Å². The normalized spacial score (nSPS) is 10.3. The third-order valence-electron chi connectivity index (χ3n) is 2.94. The van der Waals surface area contributed by atoms with E-state index >= 15 is 0 Å². The first-order valence-corrected chi connectivity index (χ1v) is 7.47. The Kier molecular flexibility index (Phi) is 5.37. The van der Waals surface area contributed by atoms with Crippen molar-refractivity contribution in [2.75, 3.05) is 6.61 Å². The van der Waals surface area contributed by atoms with E-state index < -0.39 is 0 Å². The Morgan fingerprint density at radius 2 is 2.19 bits per heavy atom. The Hall–Kier alpha value is -1.84. The predicted molar refractivity (Wildman–Crippen MR) is 80.3 cm³/mol. The molecule has 21 heavy (non-hydrogen) atoms. The molecule has 2 rings (SSSR count). The Bertz CT molecular complexity index is 688. The van der Waals surface area contributed by atoms with Crippen LogP contribution in [0, 0.1) is 24.6 Å². The maximum atomic E-state index is 13.3. The second-order valence-electron chi connectivity index (χ2n) is 4.45. The molecule has 6 heteroatoms. The van der Waals surface area contributed by atoms with Crippen LogP contribution in [0.4, 0.5) is 4.39 Å². The number of thioether (sulfide) groups is 1. The summed E-state index contributed by atoms with van der Waals surface area (Å²) in [5, 5.41) is 17.7. The zero-order valence-electron chi connectivity index (χ0n) is 11.9. The largest absolute Gasteiger partial charge is 0.395 e. The molecule has 0 aliphatic rings. The van der Waals surface area contributed by atoms with Crippen LogP contribution in [-0.4, -0.2) is 26.5 Å². The maximum Gasteiger partial charge on any atom is 0.191 e. The van der Waals surface area contributed by atoms with Crippen LogP contribution >= 0.6 is 11.8 Å². The lowest BCUT2D eigenvalue weighted by atomic mass is 10.1. The van der Waals surface area contributed by atoms with E-state index in [1.807, 2.05) is 18.5 Å². The number of benzene rings is 1. The molecule has 1 aromatic carbocycles. The molecule has 0 unspecified atom stereocenters. The first-order valence-electron chi connectivity index (χ1n) is 6.48. The van der Waals surface area contributed by atoms with Crippen molar-refractivity contribution in [2.45, 2.75) is 24.3 Å². The smallest absolute Gasteiger partial charge is 0.191 e. The summed E-state index contributed by atoms with van der Waals surface area (Å²) in [6.07, 6.45) is 0.381. The highest BCUT2D eigenvalue weighted by Gasteiger charge is 2.08. The molecule has 110 valence electrons. The minimum Gasteiger partial charge on any atom is -0.395 e. The van der Waals surface area contributed by atoms with Crippen LogP contribution in [0.1, 0.15) is 23.4 Å². The summed E-state index contributed by atoms with van der Waals surface area (Å²) in [4.78, 5) is 0. The van der Waals surface area contributed by atoms with Crippen LogP contribution in [0.3, 0.4) is 0 Å². The topological polar surface area (TPSA) is 50.9 Å². The third-order valence-corrected chi connectivity index (χ3v) is 4.01. The van der Waals surface area contributed by atoms with Crippen molar-refractivity contribution in [1.82, 2.24) is 14.8 Å². The van der Waals surface area contributed by atoms with Crippen LogP contribution in [0.5, 0.6) is 0 Å². The fraction of sp³-hybridized carbons (Fsp3) is 0.333. The quantitative estimate of drug-likeness (QED) is 0.695. The van der Waals surface area contributed by atoms with E-state index in [1.54, 1.807) is 6.07 Å². The molecule has 1 N–H and O–H groups in total. The van der Waals surface area contributed by atoms with E-state index in [2.05, 4.69) is 22.0 Å². The molecule has 0 atom stereocenters. The lowest BCUT2D eigenvalue weighted by Gasteiger charge is -2.05. The first kappa shape index (κ1) is 15.5. The van der Waals surface area contributed by atoms with Gasteiger partial charge in [-0.15, -0.1) is 10.2 Å². The van der Waals surface area contributed by atoms with E-state index in [4.69, 9.17) is 5.11 Å². The Balaban J connectivity index is 2.16. The number of nitrogens with zero attached hydrogens (tertiary/aromatic N) is 3. The van der Waals surface area contributed by atoms with Gasteiger partial charge in [0.15, 0.2) is 5.16 Å². The number of aromatic nitrogens is 3. The minimum absolute atomic E-state index is 0.00458. The number of aliphatic hydroxyl groups excluding tert-OH is 1. The molecular formula is C15H16FN3OS. The number of hydrogen-bond acceptors (Lipinski definition) is 4. The van der Waals surface area contributed by atoms with Gasteiger partial charge in [-0.1, -0.05) is 29.7 Å². The zero-order chi connectivity index (χ0) is 15.2. The molecular weight excluding hydrogens is 289 g/mol. The van der Waals surface area contributed by atoms with Gasteiger partial charge in [0.2, 0.25) is 0 Å². The van der Waals surface area contributed by atoms with Gasteiger partial charge in [0.05, 0.1) is 6.61 Å². The monoisotopic (exact) mass is 305 g/mol. The van der Waals surface area contributed by atoms with E-state index in [0.717, 1.165) is 16.5 Å². The minimum atomic E-state index is -0.313. The number of rotatable bonds is 4. The Morgan fingerprint density at radius 3 is 2.86 bits per heavy atom. The molecule has 0 aliphatic heterocycles. The fourth-order valence-electron chi connectivity index (χ4n) is 1.66. The van der Waals surface area contributed by atoms with E-state index in [0.29, 0.717) is 17.7 Å². The summed E-state index contributed by atoms with van der Waals surface area (Å²) in [6, 6.07) is 4.58. The third kappa shape index (κ3) is 4.06. The molecule has 1 aromatic heterocycles. The average molecular weight is 305 g/mol. The van der Waals surface area contributed by atoms with Crippen molar-refractivity contribution in [3.8, 4) is 11.8 Å². The van der Waals surface area contributed by atoms with Crippen molar-refractivity contribution in [3.63, 3.8) is 0 Å². The molecule has 0 aliphatic carbocycles. The molecule has 2 aromatic rings. The van der Waals surface area contributed by atoms with Crippen LogP contribution in [0.25, 0.3) is 0 Å². The van der Waals surface area contributed by atoms with Gasteiger partial charge in [-0.3, -0.25) is 0 Å².